The van der Waals surface area contributed by atoms with Gasteiger partial charge in [-0.3, -0.25) is 4.79 Å². The molecule has 1 aliphatic rings. The zero-order chi connectivity index (χ0) is 32.0. The molecule has 0 amide bonds. The number of rotatable bonds is 8. The van der Waals surface area contributed by atoms with Gasteiger partial charge >= 0.3 is 0 Å². The van der Waals surface area contributed by atoms with Gasteiger partial charge in [0.25, 0.3) is 5.88 Å². The van der Waals surface area contributed by atoms with Crippen molar-refractivity contribution in [3.05, 3.63) is 111 Å². The molecule has 0 bridgehead atoms. The molecule has 1 atom stereocenters. The molecule has 6 nitrogen and oxygen atoms in total. The zero-order valence-corrected chi connectivity index (χ0v) is 25.4. The van der Waals surface area contributed by atoms with Crippen molar-refractivity contribution in [1.82, 2.24) is 14.5 Å². The van der Waals surface area contributed by atoms with Crippen LogP contribution >= 0.6 is 11.6 Å². The van der Waals surface area contributed by atoms with Gasteiger partial charge in [-0.25, -0.2) is 27.5 Å². The van der Waals surface area contributed by atoms with E-state index in [0.29, 0.717) is 40.4 Å². The highest BCUT2D eigenvalue weighted by Gasteiger charge is 2.39. The topological polar surface area (TPSA) is 66.2 Å². The van der Waals surface area contributed by atoms with Gasteiger partial charge in [-0.05, 0) is 61.0 Å². The summed E-state index contributed by atoms with van der Waals surface area (Å²) in [5, 5.41) is 0.517. The Morgan fingerprint density at radius 2 is 1.76 bits per heavy atom. The molecule has 1 aliphatic heterocycles. The van der Waals surface area contributed by atoms with Gasteiger partial charge in [0, 0.05) is 33.5 Å². The van der Waals surface area contributed by atoms with Crippen molar-refractivity contribution >= 4 is 28.4 Å². The van der Waals surface area contributed by atoms with E-state index in [1.807, 2.05) is 18.4 Å². The summed E-state index contributed by atoms with van der Waals surface area (Å²) in [6.07, 6.45) is -0.377. The first kappa shape index (κ1) is 30.7. The Morgan fingerprint density at radius 3 is 2.44 bits per heavy atom. The highest BCUT2D eigenvalue weighted by atomic mass is 35.5. The summed E-state index contributed by atoms with van der Waals surface area (Å²) >= 11 is 5.89. The summed E-state index contributed by atoms with van der Waals surface area (Å²) in [6, 6.07) is 14.4. The summed E-state index contributed by atoms with van der Waals surface area (Å²) in [7, 11) is 0. The van der Waals surface area contributed by atoms with Crippen LogP contribution in [0.5, 0.6) is 5.88 Å². The molecule has 3 aromatic carbocycles. The van der Waals surface area contributed by atoms with Crippen LogP contribution in [0.2, 0.25) is 5.02 Å². The average Bonchev–Trinajstić information content (AvgIpc) is 3.54. The number of carbonyl (C=O) groups excluding carboxylic acids is 1. The predicted octanol–water partition coefficient (Wildman–Crippen LogP) is 8.28. The van der Waals surface area contributed by atoms with Gasteiger partial charge in [0.2, 0.25) is 0 Å². The lowest BCUT2D eigenvalue weighted by Crippen LogP contribution is -2.27. The quantitative estimate of drug-likeness (QED) is 0.0973. The number of Topliss-reactive ketones (excluding diaryl/α,β-unsaturated/α-hetero) is 1. The van der Waals surface area contributed by atoms with Gasteiger partial charge in [-0.1, -0.05) is 37.6 Å². The Bertz CT molecular complexity index is 1940. The van der Waals surface area contributed by atoms with Crippen molar-refractivity contribution in [3.8, 4) is 17.1 Å². The third-order valence-corrected chi connectivity index (χ3v) is 8.35. The van der Waals surface area contributed by atoms with Gasteiger partial charge in [-0.15, -0.1) is 0 Å². The molecule has 0 aliphatic carbocycles. The zero-order valence-electron chi connectivity index (χ0n) is 24.6. The fraction of sp³-hybridized carbons (Fsp3) is 0.265. The molecule has 3 heterocycles. The molecule has 0 spiro atoms. The van der Waals surface area contributed by atoms with Crippen LogP contribution in [-0.4, -0.2) is 33.5 Å². The Kier molecular flexibility index (Phi) is 8.13. The highest BCUT2D eigenvalue weighted by Crippen LogP contribution is 2.41. The van der Waals surface area contributed by atoms with Crippen molar-refractivity contribution < 1.29 is 31.8 Å². The fourth-order valence-electron chi connectivity index (χ4n) is 5.56. The molecule has 0 radical (unpaired) electrons. The number of aromatic nitrogens is 3. The standard InChI is InChI=1S/C34H28ClF4N3O3/c1-18(43)20-6-10-27-28(12-20)42(29-16-44-17-34(29,2)3)30(40-27)14-22-25(37)13-23(32(39)31(22)38)26-11-9-24(36)33(41-26)45-15-19-4-7-21(35)8-5-19/h4-13,29H,14-17H2,1-3H3/t29-/m1/s1. The average molecular weight is 638 g/mol. The van der Waals surface area contributed by atoms with Crippen molar-refractivity contribution in [2.45, 2.75) is 39.8 Å². The molecule has 0 N–H and O–H groups in total. The maximum absolute atomic E-state index is 15.7. The van der Waals surface area contributed by atoms with Crippen molar-refractivity contribution in [2.75, 3.05) is 13.2 Å². The lowest BCUT2D eigenvalue weighted by molar-refractivity contribution is 0.101. The number of halogens is 5. The van der Waals surface area contributed by atoms with Gasteiger partial charge in [0.1, 0.15) is 18.2 Å². The van der Waals surface area contributed by atoms with Crippen LogP contribution in [-0.2, 0) is 17.8 Å². The first-order valence-electron chi connectivity index (χ1n) is 14.2. The lowest BCUT2D eigenvalue weighted by atomic mass is 9.87. The normalized spacial score (nSPS) is 16.0. The summed E-state index contributed by atoms with van der Waals surface area (Å²) in [6.45, 7) is 6.18. The molecule has 5 aromatic rings. The molecule has 11 heteroatoms. The van der Waals surface area contributed by atoms with Crippen LogP contribution in [0.1, 0.15) is 54.1 Å². The van der Waals surface area contributed by atoms with E-state index < -0.39 is 40.3 Å². The largest absolute Gasteiger partial charge is 0.471 e. The number of fused-ring (bicyclic) bond motifs is 1. The van der Waals surface area contributed by atoms with E-state index in [9.17, 15) is 9.18 Å². The van der Waals surface area contributed by atoms with Gasteiger partial charge in [-0.2, -0.15) is 0 Å². The molecule has 1 saturated heterocycles. The van der Waals surface area contributed by atoms with Gasteiger partial charge in [0.15, 0.2) is 23.2 Å². The van der Waals surface area contributed by atoms with E-state index in [2.05, 4.69) is 9.97 Å². The van der Waals surface area contributed by atoms with Crippen LogP contribution in [0.4, 0.5) is 17.6 Å². The van der Waals surface area contributed by atoms with Crippen LogP contribution in [0, 0.1) is 28.7 Å². The first-order valence-corrected chi connectivity index (χ1v) is 14.6. The fourth-order valence-corrected chi connectivity index (χ4v) is 5.69. The number of benzene rings is 3. The van der Waals surface area contributed by atoms with Gasteiger partial charge in [0.05, 0.1) is 36.0 Å². The Balaban J connectivity index is 1.37. The summed E-state index contributed by atoms with van der Waals surface area (Å²) in [5.74, 6) is -4.91. The molecule has 1 fully saturated rings. The minimum absolute atomic E-state index is 0.0631. The van der Waals surface area contributed by atoms with Gasteiger partial charge < -0.3 is 14.0 Å². The highest BCUT2D eigenvalue weighted by molar-refractivity contribution is 6.30. The van der Waals surface area contributed by atoms with Crippen LogP contribution < -0.4 is 4.74 Å². The van der Waals surface area contributed by atoms with Crippen molar-refractivity contribution in [1.29, 1.82) is 0 Å². The number of ether oxygens (including phenoxy) is 2. The third kappa shape index (κ3) is 5.92. The first-order chi connectivity index (χ1) is 21.4. The Morgan fingerprint density at radius 1 is 1.00 bits per heavy atom. The van der Waals surface area contributed by atoms with E-state index in [0.717, 1.165) is 18.2 Å². The Hall–Kier alpha value is -4.28. The number of imidazole rings is 1. The van der Waals surface area contributed by atoms with Crippen LogP contribution in [0.25, 0.3) is 22.3 Å². The second-order valence-corrected chi connectivity index (χ2v) is 12.2. The summed E-state index contributed by atoms with van der Waals surface area (Å²) in [4.78, 5) is 20.8. The monoisotopic (exact) mass is 637 g/mol. The van der Waals surface area contributed by atoms with E-state index >= 15 is 13.2 Å². The summed E-state index contributed by atoms with van der Waals surface area (Å²) in [5.41, 5.74) is 0.684. The molecule has 2 aromatic heterocycles. The second-order valence-electron chi connectivity index (χ2n) is 11.8. The second kappa shape index (κ2) is 11.9. The SMILES string of the molecule is CC(=O)c1ccc2nc(Cc3c(F)cc(-c4ccc(F)c(OCc5ccc(Cl)cc5)n4)c(F)c3F)n([C@@H]3COCC3(C)C)c2c1. The Labute approximate surface area is 261 Å². The minimum Gasteiger partial charge on any atom is -0.471 e. The van der Waals surface area contributed by atoms with Crippen molar-refractivity contribution in [3.63, 3.8) is 0 Å². The van der Waals surface area contributed by atoms with Crippen molar-refractivity contribution in [2.24, 2.45) is 5.41 Å². The molecule has 45 heavy (non-hydrogen) atoms. The van der Waals surface area contributed by atoms with E-state index in [-0.39, 0.29) is 41.8 Å². The number of pyridine rings is 1. The minimum atomic E-state index is -1.41. The maximum Gasteiger partial charge on any atom is 0.251 e. The predicted molar refractivity (Wildman–Crippen MR) is 161 cm³/mol. The van der Waals surface area contributed by atoms with E-state index in [1.165, 1.54) is 6.92 Å². The smallest absolute Gasteiger partial charge is 0.251 e. The molecule has 0 saturated carbocycles. The number of ketones is 1. The third-order valence-electron chi connectivity index (χ3n) is 8.10. The number of carbonyl (C=O) groups is 1. The molecule has 6 rings (SSSR count). The number of hydrogen-bond donors (Lipinski definition) is 0. The number of nitrogens with zero attached hydrogens (tertiary/aromatic N) is 3. The lowest BCUT2D eigenvalue weighted by Gasteiger charge is -2.28. The van der Waals surface area contributed by atoms with Crippen LogP contribution in [0.15, 0.2) is 60.7 Å². The molecule has 232 valence electrons. The number of hydrogen-bond acceptors (Lipinski definition) is 5. The summed E-state index contributed by atoms with van der Waals surface area (Å²) < 4.78 is 74.6. The van der Waals surface area contributed by atoms with E-state index in [1.54, 1.807) is 42.5 Å². The molecular weight excluding hydrogens is 610 g/mol. The maximum atomic E-state index is 15.7. The molecular formula is C34H28ClF4N3O3. The van der Waals surface area contributed by atoms with Crippen LogP contribution in [0.3, 0.4) is 0 Å². The molecule has 0 unspecified atom stereocenters. The van der Waals surface area contributed by atoms with E-state index in [4.69, 9.17) is 21.1 Å².